The molecular formula is C22H26Cl2FN3O4S. The molecule has 0 aliphatic rings. The van der Waals surface area contributed by atoms with E-state index in [1.165, 1.54) is 36.2 Å². The summed E-state index contributed by atoms with van der Waals surface area (Å²) in [4.78, 5) is 26.7. The number of benzene rings is 2. The van der Waals surface area contributed by atoms with Gasteiger partial charge in [0.05, 0.1) is 11.9 Å². The van der Waals surface area contributed by atoms with Crippen LogP contribution in [-0.4, -0.2) is 51.0 Å². The maximum atomic E-state index is 13.2. The largest absolute Gasteiger partial charge is 0.357 e. The van der Waals surface area contributed by atoms with Crippen LogP contribution in [0.4, 0.5) is 10.1 Å². The van der Waals surface area contributed by atoms with Gasteiger partial charge >= 0.3 is 0 Å². The van der Waals surface area contributed by atoms with E-state index in [-0.39, 0.29) is 37.7 Å². The molecule has 0 spiro atoms. The molecule has 2 aromatic carbocycles. The fraction of sp³-hybridized carbons (Fsp3) is 0.364. The molecule has 1 N–H and O–H groups in total. The van der Waals surface area contributed by atoms with Crippen molar-refractivity contribution in [2.45, 2.75) is 32.4 Å². The lowest BCUT2D eigenvalue weighted by atomic mass is 10.1. The minimum atomic E-state index is -3.66. The fourth-order valence-electron chi connectivity index (χ4n) is 3.26. The first-order chi connectivity index (χ1) is 15.5. The molecule has 0 aliphatic carbocycles. The van der Waals surface area contributed by atoms with Crippen molar-refractivity contribution >= 4 is 50.7 Å². The summed E-state index contributed by atoms with van der Waals surface area (Å²) in [5, 5.41) is 3.25. The molecule has 0 radical (unpaired) electrons. The third kappa shape index (κ3) is 7.31. The Balaban J connectivity index is 2.19. The van der Waals surface area contributed by atoms with Crippen molar-refractivity contribution < 1.29 is 22.4 Å². The number of amides is 2. The standard InChI is InChI=1S/C22H26Cl2FN3O4S/c1-15(22(30)26-2)27(14-18-19(23)6-4-7-20(18)24)21(29)8-5-13-28(33(3,31)32)17-11-9-16(25)10-12-17/h4,6-7,9-12,15H,5,8,13-14H2,1-3H3,(H,26,30). The molecule has 180 valence electrons. The number of anilines is 1. The van der Waals surface area contributed by atoms with E-state index in [9.17, 15) is 22.4 Å². The van der Waals surface area contributed by atoms with Crippen molar-refractivity contribution in [3.05, 3.63) is 63.9 Å². The molecule has 1 unspecified atom stereocenters. The number of sulfonamides is 1. The molecule has 0 heterocycles. The average molecular weight is 518 g/mol. The van der Waals surface area contributed by atoms with Crippen LogP contribution in [0.1, 0.15) is 25.3 Å². The van der Waals surface area contributed by atoms with E-state index in [1.54, 1.807) is 25.1 Å². The minimum Gasteiger partial charge on any atom is -0.357 e. The van der Waals surface area contributed by atoms with E-state index in [0.29, 0.717) is 21.3 Å². The number of carbonyl (C=O) groups is 2. The Labute approximate surface area is 203 Å². The Kier molecular flexibility index (Phi) is 9.51. The van der Waals surface area contributed by atoms with Gasteiger partial charge in [0.1, 0.15) is 11.9 Å². The lowest BCUT2D eigenvalue weighted by molar-refractivity contribution is -0.140. The molecule has 0 fully saturated rings. The second-order valence-electron chi connectivity index (χ2n) is 7.43. The van der Waals surface area contributed by atoms with Gasteiger partial charge in [-0.3, -0.25) is 13.9 Å². The molecule has 0 aromatic heterocycles. The first kappa shape index (κ1) is 26.9. The van der Waals surface area contributed by atoms with E-state index in [0.717, 1.165) is 10.6 Å². The minimum absolute atomic E-state index is 0.00521. The van der Waals surface area contributed by atoms with Crippen molar-refractivity contribution in [1.29, 1.82) is 0 Å². The molecule has 1 atom stereocenters. The van der Waals surface area contributed by atoms with Gasteiger partial charge in [0, 0.05) is 42.2 Å². The number of likely N-dealkylation sites (N-methyl/N-ethyl adjacent to an activating group) is 1. The van der Waals surface area contributed by atoms with Crippen LogP contribution in [0.5, 0.6) is 0 Å². The zero-order valence-electron chi connectivity index (χ0n) is 18.5. The number of halogens is 3. The Morgan fingerprint density at radius 2 is 1.67 bits per heavy atom. The molecule has 11 heteroatoms. The molecule has 0 aliphatic heterocycles. The lowest BCUT2D eigenvalue weighted by Gasteiger charge is -2.29. The first-order valence-electron chi connectivity index (χ1n) is 10.1. The van der Waals surface area contributed by atoms with Crippen LogP contribution in [0.25, 0.3) is 0 Å². The molecule has 33 heavy (non-hydrogen) atoms. The van der Waals surface area contributed by atoms with Gasteiger partial charge in [-0.2, -0.15) is 0 Å². The molecule has 2 amide bonds. The van der Waals surface area contributed by atoms with Crippen LogP contribution in [0, 0.1) is 5.82 Å². The van der Waals surface area contributed by atoms with Crippen LogP contribution < -0.4 is 9.62 Å². The number of hydrogen-bond donors (Lipinski definition) is 1. The predicted octanol–water partition coefficient (Wildman–Crippen LogP) is 3.84. The summed E-state index contributed by atoms with van der Waals surface area (Å²) in [6.07, 6.45) is 1.19. The fourth-order valence-corrected chi connectivity index (χ4v) is 4.74. The number of rotatable bonds is 10. The molecule has 7 nitrogen and oxygen atoms in total. The third-order valence-electron chi connectivity index (χ3n) is 5.07. The maximum Gasteiger partial charge on any atom is 0.242 e. The van der Waals surface area contributed by atoms with Crippen molar-refractivity contribution in [2.24, 2.45) is 0 Å². The second kappa shape index (κ2) is 11.7. The van der Waals surface area contributed by atoms with Crippen molar-refractivity contribution in [1.82, 2.24) is 10.2 Å². The van der Waals surface area contributed by atoms with Crippen LogP contribution in [0.15, 0.2) is 42.5 Å². The van der Waals surface area contributed by atoms with Crippen LogP contribution in [-0.2, 0) is 26.2 Å². The molecule has 2 aromatic rings. The average Bonchev–Trinajstić information content (AvgIpc) is 2.75. The highest BCUT2D eigenvalue weighted by atomic mass is 35.5. The predicted molar refractivity (Wildman–Crippen MR) is 128 cm³/mol. The van der Waals surface area contributed by atoms with E-state index in [2.05, 4.69) is 5.32 Å². The lowest BCUT2D eigenvalue weighted by Crippen LogP contribution is -2.47. The summed E-state index contributed by atoms with van der Waals surface area (Å²) in [5.41, 5.74) is 0.804. The van der Waals surface area contributed by atoms with Gasteiger partial charge in [-0.15, -0.1) is 0 Å². The first-order valence-corrected chi connectivity index (χ1v) is 12.7. The van der Waals surface area contributed by atoms with E-state index < -0.39 is 21.9 Å². The number of nitrogens with one attached hydrogen (secondary N) is 1. The van der Waals surface area contributed by atoms with Gasteiger partial charge in [0.25, 0.3) is 0 Å². The van der Waals surface area contributed by atoms with Gasteiger partial charge in [-0.25, -0.2) is 12.8 Å². The molecule has 0 saturated carbocycles. The Morgan fingerprint density at radius 3 is 2.18 bits per heavy atom. The van der Waals surface area contributed by atoms with Gasteiger partial charge in [0.15, 0.2) is 0 Å². The number of carbonyl (C=O) groups excluding carboxylic acids is 2. The number of hydrogen-bond acceptors (Lipinski definition) is 4. The highest BCUT2D eigenvalue weighted by Crippen LogP contribution is 2.27. The zero-order valence-corrected chi connectivity index (χ0v) is 20.8. The Morgan fingerprint density at radius 1 is 1.09 bits per heavy atom. The van der Waals surface area contributed by atoms with Crippen LogP contribution >= 0.6 is 23.2 Å². The monoisotopic (exact) mass is 517 g/mol. The van der Waals surface area contributed by atoms with E-state index in [4.69, 9.17) is 23.2 Å². The Bertz CT molecular complexity index is 1080. The van der Waals surface area contributed by atoms with Gasteiger partial charge in [0.2, 0.25) is 21.8 Å². The normalized spacial score (nSPS) is 12.2. The van der Waals surface area contributed by atoms with E-state index in [1.807, 2.05) is 0 Å². The highest BCUT2D eigenvalue weighted by Gasteiger charge is 2.27. The smallest absolute Gasteiger partial charge is 0.242 e. The second-order valence-corrected chi connectivity index (χ2v) is 10.1. The SMILES string of the molecule is CNC(=O)C(C)N(Cc1c(Cl)cccc1Cl)C(=O)CCCN(c1ccc(F)cc1)S(C)(=O)=O. The summed E-state index contributed by atoms with van der Waals surface area (Å²) in [6, 6.07) is 9.20. The van der Waals surface area contributed by atoms with Gasteiger partial charge in [-0.05, 0) is 49.7 Å². The molecular weight excluding hydrogens is 492 g/mol. The quantitative estimate of drug-likeness (QED) is 0.518. The van der Waals surface area contributed by atoms with Crippen LogP contribution in [0.2, 0.25) is 10.0 Å². The number of nitrogens with zero attached hydrogens (tertiary/aromatic N) is 2. The van der Waals surface area contributed by atoms with Gasteiger partial charge in [-0.1, -0.05) is 29.3 Å². The topological polar surface area (TPSA) is 86.8 Å². The molecule has 0 saturated heterocycles. The summed E-state index contributed by atoms with van der Waals surface area (Å²) < 4.78 is 38.8. The summed E-state index contributed by atoms with van der Waals surface area (Å²) in [5.74, 6) is -1.22. The van der Waals surface area contributed by atoms with Gasteiger partial charge < -0.3 is 10.2 Å². The molecule has 2 rings (SSSR count). The summed E-state index contributed by atoms with van der Waals surface area (Å²) in [6.45, 7) is 1.60. The Hall–Kier alpha value is -2.36. The zero-order chi connectivity index (χ0) is 24.8. The van der Waals surface area contributed by atoms with Crippen LogP contribution in [0.3, 0.4) is 0 Å². The third-order valence-corrected chi connectivity index (χ3v) is 6.97. The molecule has 0 bridgehead atoms. The summed E-state index contributed by atoms with van der Waals surface area (Å²) in [7, 11) is -2.19. The van der Waals surface area contributed by atoms with Crippen molar-refractivity contribution in [3.63, 3.8) is 0 Å². The summed E-state index contributed by atoms with van der Waals surface area (Å²) >= 11 is 12.5. The van der Waals surface area contributed by atoms with E-state index >= 15 is 0 Å². The van der Waals surface area contributed by atoms with Crippen molar-refractivity contribution in [2.75, 3.05) is 24.2 Å². The maximum absolute atomic E-state index is 13.2. The highest BCUT2D eigenvalue weighted by molar-refractivity contribution is 7.92. The van der Waals surface area contributed by atoms with Crippen molar-refractivity contribution in [3.8, 4) is 0 Å².